The second kappa shape index (κ2) is 14.8. The summed E-state index contributed by atoms with van der Waals surface area (Å²) in [7, 11) is -0.640. The molecule has 2 aromatic carbocycles. The van der Waals surface area contributed by atoms with Crippen molar-refractivity contribution in [2.45, 2.75) is 58.3 Å². The number of ketones is 1. The maximum atomic E-state index is 14.5. The third kappa shape index (κ3) is 7.72. The van der Waals surface area contributed by atoms with Crippen LogP contribution in [0, 0.1) is 17.8 Å². The molecule has 5 atom stereocenters. The predicted molar refractivity (Wildman–Crippen MR) is 198 cm³/mol. The lowest BCUT2D eigenvalue weighted by Crippen LogP contribution is -2.47. The molecule has 13 heteroatoms. The first-order chi connectivity index (χ1) is 24.3. The molecule has 3 aliphatic rings. The van der Waals surface area contributed by atoms with Crippen LogP contribution in [0.15, 0.2) is 59.1 Å². The molecule has 0 radical (unpaired) electrons. The van der Waals surface area contributed by atoms with E-state index in [9.17, 15) is 18.6 Å². The lowest BCUT2D eigenvalue weighted by molar-refractivity contribution is -0.119. The normalized spacial score (nSPS) is 27.5. The molecule has 0 fully saturated rings. The Morgan fingerprint density at radius 1 is 1.20 bits per heavy atom. The minimum atomic E-state index is -3.66. The van der Waals surface area contributed by atoms with Crippen molar-refractivity contribution in [3.8, 4) is 11.6 Å². The zero-order chi connectivity index (χ0) is 36.5. The monoisotopic (exact) mass is 735 g/mol. The summed E-state index contributed by atoms with van der Waals surface area (Å²) in [5, 5.41) is 4.82. The molecule has 11 nitrogen and oxygen atoms in total. The van der Waals surface area contributed by atoms with E-state index in [4.69, 9.17) is 21.1 Å². The highest BCUT2D eigenvalue weighted by Gasteiger charge is 2.42. The number of fused-ring (bicyclic) bond motifs is 3. The summed E-state index contributed by atoms with van der Waals surface area (Å²) in [6.07, 6.45) is 8.84. The van der Waals surface area contributed by atoms with Crippen LogP contribution in [0.1, 0.15) is 78.3 Å². The van der Waals surface area contributed by atoms with Crippen molar-refractivity contribution in [3.63, 3.8) is 0 Å². The number of aromatic nitrogens is 2. The van der Waals surface area contributed by atoms with E-state index >= 15 is 0 Å². The van der Waals surface area contributed by atoms with Gasteiger partial charge in [0.2, 0.25) is 5.88 Å². The molecule has 1 spiro atoms. The minimum Gasteiger partial charge on any atom is -0.490 e. The molecular formula is C38H46ClN5O6S. The third-order valence-corrected chi connectivity index (χ3v) is 12.7. The molecule has 2 aliphatic heterocycles. The first kappa shape index (κ1) is 36.6. The Bertz CT molecular complexity index is 2000. The van der Waals surface area contributed by atoms with Crippen molar-refractivity contribution < 1.29 is 28.1 Å². The van der Waals surface area contributed by atoms with Gasteiger partial charge >= 0.3 is 0 Å². The van der Waals surface area contributed by atoms with E-state index in [1.54, 1.807) is 37.4 Å². The van der Waals surface area contributed by atoms with Crippen LogP contribution in [0.25, 0.3) is 0 Å². The Balaban J connectivity index is 1.45. The van der Waals surface area contributed by atoms with Gasteiger partial charge in [0, 0.05) is 48.3 Å². The van der Waals surface area contributed by atoms with E-state index in [0.29, 0.717) is 42.6 Å². The van der Waals surface area contributed by atoms with E-state index in [0.717, 1.165) is 25.7 Å². The third-order valence-electron chi connectivity index (χ3n) is 10.5. The molecule has 272 valence electrons. The molecule has 3 heterocycles. The molecule has 0 saturated heterocycles. The van der Waals surface area contributed by atoms with Gasteiger partial charge in [0.1, 0.15) is 21.2 Å². The fraction of sp³-hybridized carbons (Fsp3) is 0.474. The van der Waals surface area contributed by atoms with Crippen molar-refractivity contribution in [1.29, 1.82) is 0 Å². The lowest BCUT2D eigenvalue weighted by Gasteiger charge is -2.42. The molecule has 1 N–H and O–H groups in total. The molecule has 2 amide bonds. The standard InChI is InChI=1S/C38H46ClN5O6S/c1-6-26-19-44-22-38(16-8-10-27-17-29(39)13-14-31(27)38)23-50-34-15-12-28(18-32(34)44)35(46)41-51(48,21-24(2)9-7-11-33(45)25(26)3)42-36(47)30-20-43(4)40-37(30)49-5/h7,11-15,17-18,20,24-26H,6,8-10,16,19,21-23H2,1-5H3,(H,41,42,46,47,48)/b11-7+/t24-,25+,26-,38-,51?/m0/s1. The molecular weight excluding hydrogens is 690 g/mol. The quantitative estimate of drug-likeness (QED) is 0.329. The maximum Gasteiger partial charge on any atom is 0.286 e. The van der Waals surface area contributed by atoms with Crippen LogP contribution in [0.5, 0.6) is 11.6 Å². The highest BCUT2D eigenvalue weighted by atomic mass is 35.5. The summed E-state index contributed by atoms with van der Waals surface area (Å²) in [5.41, 5.74) is 3.06. The van der Waals surface area contributed by atoms with Crippen molar-refractivity contribution in [1.82, 2.24) is 14.5 Å². The largest absolute Gasteiger partial charge is 0.490 e. The van der Waals surface area contributed by atoms with Crippen LogP contribution in [0.4, 0.5) is 5.69 Å². The number of anilines is 1. The predicted octanol–water partition coefficient (Wildman–Crippen LogP) is 6.34. The van der Waals surface area contributed by atoms with Gasteiger partial charge in [0.15, 0.2) is 5.78 Å². The number of nitrogens with one attached hydrogen (secondary N) is 1. The van der Waals surface area contributed by atoms with Crippen molar-refractivity contribution in [2.24, 2.45) is 29.2 Å². The smallest absolute Gasteiger partial charge is 0.286 e. The highest BCUT2D eigenvalue weighted by molar-refractivity contribution is 7.92. The van der Waals surface area contributed by atoms with Gasteiger partial charge in [0.25, 0.3) is 11.8 Å². The van der Waals surface area contributed by atoms with Gasteiger partial charge in [-0.2, -0.15) is 0 Å². The zero-order valence-electron chi connectivity index (χ0n) is 29.8. The number of halogens is 1. The van der Waals surface area contributed by atoms with Gasteiger partial charge in [-0.25, -0.2) is 4.21 Å². The Hall–Kier alpha value is -4.16. The minimum absolute atomic E-state index is 0.0196. The molecule has 2 bridgehead atoms. The van der Waals surface area contributed by atoms with Crippen molar-refractivity contribution in [2.75, 3.05) is 37.5 Å². The first-order valence-corrected chi connectivity index (χ1v) is 19.6. The number of benzene rings is 2. The summed E-state index contributed by atoms with van der Waals surface area (Å²) >= 11 is 6.43. The number of nitrogens with zero attached hydrogens (tertiary/aromatic N) is 4. The summed E-state index contributed by atoms with van der Waals surface area (Å²) in [6, 6.07) is 11.2. The Labute approximate surface area is 305 Å². The second-order valence-electron chi connectivity index (χ2n) is 14.3. The van der Waals surface area contributed by atoms with Gasteiger partial charge in [-0.1, -0.05) is 50.9 Å². The van der Waals surface area contributed by atoms with Crippen LogP contribution in [0.2, 0.25) is 5.02 Å². The molecule has 1 aromatic heterocycles. The Kier molecular flexibility index (Phi) is 10.6. The average Bonchev–Trinajstić information content (AvgIpc) is 3.41. The summed E-state index contributed by atoms with van der Waals surface area (Å²) in [6.45, 7) is 7.53. The molecule has 1 aliphatic carbocycles. The molecule has 6 rings (SSSR count). The zero-order valence-corrected chi connectivity index (χ0v) is 31.4. The summed E-state index contributed by atoms with van der Waals surface area (Å²) in [4.78, 5) is 43.3. The van der Waals surface area contributed by atoms with Crippen LogP contribution in [-0.2, 0) is 33.6 Å². The Morgan fingerprint density at radius 2 is 2.00 bits per heavy atom. The van der Waals surface area contributed by atoms with Crippen LogP contribution in [-0.4, -0.2) is 64.1 Å². The number of aryl methyl sites for hydroxylation is 2. The van der Waals surface area contributed by atoms with Crippen molar-refractivity contribution in [3.05, 3.63) is 82.0 Å². The molecule has 1 unspecified atom stereocenters. The number of carbonyl (C=O) groups is 3. The highest BCUT2D eigenvalue weighted by Crippen LogP contribution is 2.45. The van der Waals surface area contributed by atoms with E-state index in [-0.39, 0.29) is 51.7 Å². The number of allylic oxidation sites excluding steroid dienone is 2. The molecule has 51 heavy (non-hydrogen) atoms. The summed E-state index contributed by atoms with van der Waals surface area (Å²) in [5.74, 6) is -1.42. The van der Waals surface area contributed by atoms with Crippen molar-refractivity contribution >= 4 is 44.8 Å². The number of hydrogen-bond acceptors (Lipinski definition) is 8. The van der Waals surface area contributed by atoms with Gasteiger partial charge in [-0.15, -0.1) is 9.46 Å². The van der Waals surface area contributed by atoms with E-state index in [2.05, 4.69) is 32.1 Å². The topological polar surface area (TPSA) is 132 Å². The van der Waals surface area contributed by atoms with E-state index < -0.39 is 21.7 Å². The Morgan fingerprint density at radius 3 is 2.76 bits per heavy atom. The number of amides is 2. The number of rotatable bonds is 4. The number of ether oxygens (including phenoxy) is 2. The van der Waals surface area contributed by atoms with Crippen LogP contribution in [0.3, 0.4) is 0 Å². The lowest BCUT2D eigenvalue weighted by atomic mass is 9.70. The first-order valence-electron chi connectivity index (χ1n) is 17.5. The molecule has 3 aromatic rings. The molecule has 0 saturated carbocycles. The fourth-order valence-electron chi connectivity index (χ4n) is 7.69. The SMILES string of the molecule is CC[C@H]1CN2C[C@@]3(CCCc4cc(Cl)ccc43)COc3ccc(cc32)C(=O)N=S(=O)(NC(=O)c2cn(C)nc2OC)C[C@@H](C)C/C=C/C(=O)[C@@H]1C. The fourth-order valence-corrected chi connectivity index (χ4v) is 9.77. The number of hydrogen-bond donors (Lipinski definition) is 1. The van der Waals surface area contributed by atoms with Gasteiger partial charge in [-0.05, 0) is 85.1 Å². The van der Waals surface area contributed by atoms with Crippen LogP contribution >= 0.6 is 11.6 Å². The van der Waals surface area contributed by atoms with Gasteiger partial charge < -0.3 is 14.4 Å². The van der Waals surface area contributed by atoms with Crippen LogP contribution < -0.4 is 19.1 Å². The number of carbonyl (C=O) groups excluding carboxylic acids is 3. The maximum absolute atomic E-state index is 14.5. The van der Waals surface area contributed by atoms with Gasteiger partial charge in [-0.3, -0.25) is 23.8 Å². The van der Waals surface area contributed by atoms with Gasteiger partial charge in [0.05, 0.1) is 25.2 Å². The van der Waals surface area contributed by atoms with E-state index in [1.165, 1.54) is 29.1 Å². The second-order valence-corrected chi connectivity index (χ2v) is 16.7. The van der Waals surface area contributed by atoms with E-state index in [1.807, 2.05) is 26.0 Å². The summed E-state index contributed by atoms with van der Waals surface area (Å²) < 4.78 is 34.5. The average molecular weight is 736 g/mol. The number of methoxy groups -OCH3 is 1.